The van der Waals surface area contributed by atoms with Crippen molar-refractivity contribution in [2.24, 2.45) is 5.92 Å². The Labute approximate surface area is 125 Å². The van der Waals surface area contributed by atoms with Crippen LogP contribution in [-0.4, -0.2) is 25.3 Å². The van der Waals surface area contributed by atoms with Crippen LogP contribution in [0.25, 0.3) is 0 Å². The van der Waals surface area contributed by atoms with Crippen molar-refractivity contribution in [1.82, 2.24) is 5.32 Å². The highest BCUT2D eigenvalue weighted by atomic mass is 79.9. The normalized spacial score (nSPS) is 24.6. The first-order chi connectivity index (χ1) is 9.20. The molecule has 3 atom stereocenters. The van der Waals surface area contributed by atoms with Crippen molar-refractivity contribution >= 4 is 15.9 Å². The molecule has 0 amide bonds. The maximum absolute atomic E-state index is 5.95. The number of halogens is 1. The van der Waals surface area contributed by atoms with Crippen LogP contribution in [0.5, 0.6) is 0 Å². The van der Waals surface area contributed by atoms with E-state index in [4.69, 9.17) is 4.74 Å². The van der Waals surface area contributed by atoms with Crippen LogP contribution in [0.2, 0.25) is 0 Å². The summed E-state index contributed by atoms with van der Waals surface area (Å²) in [5, 5.41) is 3.67. The minimum Gasteiger partial charge on any atom is -0.376 e. The minimum absolute atomic E-state index is 0.357. The molecule has 1 aromatic rings. The summed E-state index contributed by atoms with van der Waals surface area (Å²) >= 11 is 3.49. The van der Waals surface area contributed by atoms with E-state index in [0.29, 0.717) is 18.1 Å². The average Bonchev–Trinajstić information content (AvgIpc) is 2.83. The first-order valence-corrected chi connectivity index (χ1v) is 8.09. The van der Waals surface area contributed by atoms with Crippen LogP contribution in [-0.2, 0) is 11.2 Å². The Kier molecular flexibility index (Phi) is 5.86. The largest absolute Gasteiger partial charge is 0.376 e. The first kappa shape index (κ1) is 15.0. The Morgan fingerprint density at radius 1 is 1.37 bits per heavy atom. The molecule has 1 aliphatic rings. The zero-order valence-corrected chi connectivity index (χ0v) is 13.4. The molecule has 0 aliphatic carbocycles. The molecule has 1 aliphatic heterocycles. The molecule has 2 rings (SSSR count). The highest BCUT2D eigenvalue weighted by molar-refractivity contribution is 9.10. The third-order valence-electron chi connectivity index (χ3n) is 3.87. The Balaban J connectivity index is 2.02. The highest BCUT2D eigenvalue weighted by Crippen LogP contribution is 2.25. The molecule has 1 heterocycles. The van der Waals surface area contributed by atoms with Gasteiger partial charge in [0.2, 0.25) is 0 Å². The molecular weight excluding hydrogens is 302 g/mol. The van der Waals surface area contributed by atoms with E-state index in [9.17, 15) is 0 Å². The predicted molar refractivity (Wildman–Crippen MR) is 83.4 cm³/mol. The fourth-order valence-corrected chi connectivity index (χ4v) is 3.00. The molecule has 1 fully saturated rings. The average molecular weight is 326 g/mol. The van der Waals surface area contributed by atoms with Crippen LogP contribution < -0.4 is 5.32 Å². The molecular formula is C16H24BrNO. The van der Waals surface area contributed by atoms with Crippen LogP contribution in [0, 0.1) is 5.92 Å². The molecule has 3 unspecified atom stereocenters. The number of hydrogen-bond acceptors (Lipinski definition) is 2. The lowest BCUT2D eigenvalue weighted by atomic mass is 9.93. The van der Waals surface area contributed by atoms with Crippen molar-refractivity contribution in [2.45, 2.75) is 45.3 Å². The zero-order chi connectivity index (χ0) is 13.7. The molecule has 19 heavy (non-hydrogen) atoms. The van der Waals surface area contributed by atoms with Crippen molar-refractivity contribution in [3.63, 3.8) is 0 Å². The van der Waals surface area contributed by atoms with E-state index in [1.807, 2.05) is 0 Å². The van der Waals surface area contributed by atoms with Crippen LogP contribution >= 0.6 is 15.9 Å². The van der Waals surface area contributed by atoms with Crippen molar-refractivity contribution in [3.8, 4) is 0 Å². The molecule has 106 valence electrons. The van der Waals surface area contributed by atoms with E-state index in [-0.39, 0.29) is 0 Å². The van der Waals surface area contributed by atoms with Crippen LogP contribution in [0.15, 0.2) is 28.7 Å². The Hall–Kier alpha value is -0.380. The summed E-state index contributed by atoms with van der Waals surface area (Å²) in [5.74, 6) is 0.657. The number of hydrogen-bond donors (Lipinski definition) is 1. The Morgan fingerprint density at radius 3 is 2.68 bits per heavy atom. The van der Waals surface area contributed by atoms with Gasteiger partial charge in [0.1, 0.15) is 0 Å². The van der Waals surface area contributed by atoms with E-state index in [1.54, 1.807) is 0 Å². The van der Waals surface area contributed by atoms with Gasteiger partial charge >= 0.3 is 0 Å². The van der Waals surface area contributed by atoms with Gasteiger partial charge in [-0.3, -0.25) is 0 Å². The van der Waals surface area contributed by atoms with Gasteiger partial charge in [0.15, 0.2) is 0 Å². The smallest absolute Gasteiger partial charge is 0.0757 e. The van der Waals surface area contributed by atoms with Crippen molar-refractivity contribution in [3.05, 3.63) is 34.3 Å². The van der Waals surface area contributed by atoms with Gasteiger partial charge in [-0.2, -0.15) is 0 Å². The lowest BCUT2D eigenvalue weighted by Gasteiger charge is -2.27. The van der Waals surface area contributed by atoms with Gasteiger partial charge < -0.3 is 10.1 Å². The van der Waals surface area contributed by atoms with Crippen molar-refractivity contribution < 1.29 is 4.74 Å². The molecule has 0 spiro atoms. The molecule has 0 radical (unpaired) electrons. The molecule has 3 heteroatoms. The molecule has 0 bridgehead atoms. The van der Waals surface area contributed by atoms with E-state index in [2.05, 4.69) is 59.4 Å². The second-order valence-electron chi connectivity index (χ2n) is 5.49. The SMILES string of the molecule is CCCNC(Cc1ccc(Br)cc1)C1OCCC1C. The fraction of sp³-hybridized carbons (Fsp3) is 0.625. The predicted octanol–water partition coefficient (Wildman–Crippen LogP) is 3.78. The summed E-state index contributed by atoms with van der Waals surface area (Å²) in [4.78, 5) is 0. The van der Waals surface area contributed by atoms with Gasteiger partial charge in [0.25, 0.3) is 0 Å². The molecule has 0 saturated carbocycles. The molecule has 1 N–H and O–H groups in total. The van der Waals surface area contributed by atoms with Crippen molar-refractivity contribution in [2.75, 3.05) is 13.2 Å². The fourth-order valence-electron chi connectivity index (χ4n) is 2.74. The van der Waals surface area contributed by atoms with Gasteiger partial charge in [-0.15, -0.1) is 0 Å². The molecule has 0 aromatic heterocycles. The minimum atomic E-state index is 0.357. The number of ether oxygens (including phenoxy) is 1. The molecule has 2 nitrogen and oxygen atoms in total. The van der Waals surface area contributed by atoms with Crippen molar-refractivity contribution in [1.29, 1.82) is 0 Å². The third kappa shape index (κ3) is 4.30. The monoisotopic (exact) mass is 325 g/mol. The van der Waals surface area contributed by atoms with Crippen LogP contribution in [0.4, 0.5) is 0 Å². The standard InChI is InChI=1S/C16H24BrNO/c1-3-9-18-15(16-12(2)8-10-19-16)11-13-4-6-14(17)7-5-13/h4-7,12,15-16,18H,3,8-11H2,1-2H3. The summed E-state index contributed by atoms with van der Waals surface area (Å²) in [5.41, 5.74) is 1.37. The number of rotatable bonds is 6. The Bertz CT molecular complexity index is 379. The van der Waals surface area contributed by atoms with Gasteiger partial charge in [-0.05, 0) is 49.4 Å². The highest BCUT2D eigenvalue weighted by Gasteiger charge is 2.31. The molecule has 1 saturated heterocycles. The zero-order valence-electron chi connectivity index (χ0n) is 11.9. The maximum Gasteiger partial charge on any atom is 0.0757 e. The second-order valence-corrected chi connectivity index (χ2v) is 6.41. The van der Waals surface area contributed by atoms with E-state index in [0.717, 1.165) is 30.5 Å². The van der Waals surface area contributed by atoms with E-state index < -0.39 is 0 Å². The van der Waals surface area contributed by atoms with Gasteiger partial charge in [0.05, 0.1) is 6.10 Å². The van der Waals surface area contributed by atoms with Gasteiger partial charge in [-0.1, -0.05) is 41.9 Å². The van der Waals surface area contributed by atoms with Crippen LogP contribution in [0.1, 0.15) is 32.3 Å². The topological polar surface area (TPSA) is 21.3 Å². The van der Waals surface area contributed by atoms with Gasteiger partial charge in [0, 0.05) is 17.1 Å². The summed E-state index contributed by atoms with van der Waals surface area (Å²) in [6.45, 7) is 6.49. The van der Waals surface area contributed by atoms with Gasteiger partial charge in [-0.25, -0.2) is 0 Å². The van der Waals surface area contributed by atoms with Crippen LogP contribution in [0.3, 0.4) is 0 Å². The van der Waals surface area contributed by atoms with E-state index >= 15 is 0 Å². The summed E-state index contributed by atoms with van der Waals surface area (Å²) < 4.78 is 7.09. The maximum atomic E-state index is 5.95. The summed E-state index contributed by atoms with van der Waals surface area (Å²) in [6.07, 6.45) is 3.76. The molecule has 1 aromatic carbocycles. The number of nitrogens with one attached hydrogen (secondary N) is 1. The quantitative estimate of drug-likeness (QED) is 0.859. The van der Waals surface area contributed by atoms with E-state index in [1.165, 1.54) is 12.0 Å². The first-order valence-electron chi connectivity index (χ1n) is 7.30. The third-order valence-corrected chi connectivity index (χ3v) is 4.39. The number of benzene rings is 1. The lowest BCUT2D eigenvalue weighted by Crippen LogP contribution is -2.44. The second kappa shape index (κ2) is 7.41. The Morgan fingerprint density at radius 2 is 2.11 bits per heavy atom. The summed E-state index contributed by atoms with van der Waals surface area (Å²) in [7, 11) is 0. The summed E-state index contributed by atoms with van der Waals surface area (Å²) in [6, 6.07) is 9.06. The lowest BCUT2D eigenvalue weighted by molar-refractivity contribution is 0.0610.